The Bertz CT molecular complexity index is 1250. The van der Waals surface area contributed by atoms with Gasteiger partial charge in [-0.3, -0.25) is 9.11 Å². The smallest absolute Gasteiger partial charge is 0.768 e. The number of alkyl halides is 3. The molecule has 1 unspecified atom stereocenters. The van der Waals surface area contributed by atoms with Crippen LogP contribution in [0.4, 0.5) is 23.7 Å². The zero-order chi connectivity index (χ0) is 23.8. The SMILES string of the molecule is CC1=C(C#N)[C@@H](c2ccc(C#N)cc2S(=O)[O-])N(C)C(=O)N1c1cccc(C(F)(F)F)c1.[Na+]. The van der Waals surface area contributed by atoms with Gasteiger partial charge in [0.2, 0.25) is 0 Å². The van der Waals surface area contributed by atoms with Gasteiger partial charge in [0.05, 0.1) is 40.6 Å². The molecule has 2 aromatic rings. The van der Waals surface area contributed by atoms with Gasteiger partial charge < -0.3 is 9.45 Å². The van der Waals surface area contributed by atoms with Gasteiger partial charge in [-0.15, -0.1) is 0 Å². The molecule has 2 atom stereocenters. The minimum Gasteiger partial charge on any atom is -0.768 e. The molecule has 1 heterocycles. The van der Waals surface area contributed by atoms with Crippen molar-refractivity contribution >= 4 is 22.8 Å². The summed E-state index contributed by atoms with van der Waals surface area (Å²) in [4.78, 5) is 15.0. The van der Waals surface area contributed by atoms with E-state index in [0.29, 0.717) is 0 Å². The topological polar surface area (TPSA) is 111 Å². The van der Waals surface area contributed by atoms with Gasteiger partial charge in [0.15, 0.2) is 0 Å². The normalized spacial score (nSPS) is 17.2. The number of rotatable bonds is 3. The van der Waals surface area contributed by atoms with Crippen LogP contribution in [0.15, 0.2) is 58.6 Å². The van der Waals surface area contributed by atoms with E-state index in [1.165, 1.54) is 32.2 Å². The third-order valence-corrected chi connectivity index (χ3v) is 5.76. The zero-order valence-electron chi connectivity index (χ0n) is 17.7. The number of hydrogen-bond acceptors (Lipinski definition) is 5. The van der Waals surface area contributed by atoms with Crippen LogP contribution >= 0.6 is 0 Å². The Morgan fingerprint density at radius 1 is 1.12 bits per heavy atom. The largest absolute Gasteiger partial charge is 1.00 e. The summed E-state index contributed by atoms with van der Waals surface area (Å²) in [6.07, 6.45) is -4.63. The van der Waals surface area contributed by atoms with E-state index in [9.17, 15) is 32.0 Å². The summed E-state index contributed by atoms with van der Waals surface area (Å²) in [6, 6.07) is 9.83. The minimum atomic E-state index is -4.63. The number of hydrogen-bond donors (Lipinski definition) is 0. The fraction of sp³-hybridized carbons (Fsp3) is 0.190. The van der Waals surface area contributed by atoms with E-state index in [0.717, 1.165) is 34.1 Å². The van der Waals surface area contributed by atoms with Crippen LogP contribution in [-0.2, 0) is 17.3 Å². The quantitative estimate of drug-likeness (QED) is 0.483. The number of anilines is 1. The predicted molar refractivity (Wildman–Crippen MR) is 106 cm³/mol. The van der Waals surface area contributed by atoms with E-state index in [1.54, 1.807) is 0 Å². The molecule has 0 fully saturated rings. The fourth-order valence-electron chi connectivity index (χ4n) is 3.53. The van der Waals surface area contributed by atoms with Crippen molar-refractivity contribution in [1.82, 2.24) is 4.90 Å². The second-order valence-corrected chi connectivity index (χ2v) is 7.80. The van der Waals surface area contributed by atoms with Crippen LogP contribution < -0.4 is 34.5 Å². The van der Waals surface area contributed by atoms with Crippen LogP contribution in [0.25, 0.3) is 0 Å². The van der Waals surface area contributed by atoms with Crippen molar-refractivity contribution in [2.75, 3.05) is 11.9 Å². The number of urea groups is 1. The van der Waals surface area contributed by atoms with Crippen molar-refractivity contribution in [2.45, 2.75) is 24.0 Å². The van der Waals surface area contributed by atoms with Crippen molar-refractivity contribution in [3.8, 4) is 12.1 Å². The van der Waals surface area contributed by atoms with Crippen molar-refractivity contribution in [2.24, 2.45) is 0 Å². The first-order valence-corrected chi connectivity index (χ1v) is 10.1. The van der Waals surface area contributed by atoms with E-state index in [4.69, 9.17) is 5.26 Å². The molecule has 164 valence electrons. The molecule has 7 nitrogen and oxygen atoms in total. The van der Waals surface area contributed by atoms with Crippen LogP contribution in [0.5, 0.6) is 0 Å². The molecule has 0 aromatic heterocycles. The van der Waals surface area contributed by atoms with Gasteiger partial charge >= 0.3 is 41.8 Å². The third kappa shape index (κ3) is 4.98. The fourth-order valence-corrected chi connectivity index (χ4v) is 4.12. The summed E-state index contributed by atoms with van der Waals surface area (Å²) in [5, 5.41) is 18.9. The molecular weight excluding hydrogens is 468 g/mol. The molecule has 2 amide bonds. The molecule has 0 radical (unpaired) electrons. The Labute approximate surface area is 212 Å². The van der Waals surface area contributed by atoms with Crippen LogP contribution in [0.2, 0.25) is 0 Å². The van der Waals surface area contributed by atoms with Crippen LogP contribution in [0.3, 0.4) is 0 Å². The second kappa shape index (κ2) is 10.1. The molecule has 0 saturated heterocycles. The van der Waals surface area contributed by atoms with Gasteiger partial charge in [0.1, 0.15) is 0 Å². The summed E-state index contributed by atoms with van der Waals surface area (Å²) >= 11 is -2.78. The molecule has 0 saturated carbocycles. The summed E-state index contributed by atoms with van der Waals surface area (Å²) in [7, 11) is 1.31. The Morgan fingerprint density at radius 3 is 2.33 bits per heavy atom. The van der Waals surface area contributed by atoms with Crippen LogP contribution in [-0.4, -0.2) is 26.7 Å². The van der Waals surface area contributed by atoms with Gasteiger partial charge in [0.25, 0.3) is 0 Å². The van der Waals surface area contributed by atoms with Crippen LogP contribution in [0, 0.1) is 22.7 Å². The maximum absolute atomic E-state index is 13.2. The average molecular weight is 482 g/mol. The molecule has 3 rings (SSSR count). The Hall–Kier alpha value is -2.67. The monoisotopic (exact) mass is 482 g/mol. The number of benzene rings is 2. The van der Waals surface area contributed by atoms with Gasteiger partial charge in [0, 0.05) is 17.6 Å². The average Bonchev–Trinajstić information content (AvgIpc) is 2.75. The van der Waals surface area contributed by atoms with Gasteiger partial charge in [-0.2, -0.15) is 23.7 Å². The van der Waals surface area contributed by atoms with E-state index >= 15 is 0 Å². The molecule has 0 N–H and O–H groups in total. The Kier molecular flexibility index (Phi) is 8.12. The maximum atomic E-state index is 13.2. The van der Waals surface area contributed by atoms with Gasteiger partial charge in [-0.25, -0.2) is 4.79 Å². The van der Waals surface area contributed by atoms with Crippen LogP contribution in [0.1, 0.15) is 29.7 Å². The maximum Gasteiger partial charge on any atom is 1.00 e. The molecule has 1 aliphatic heterocycles. The molecule has 12 heteroatoms. The van der Waals surface area contributed by atoms with E-state index in [1.807, 2.05) is 12.1 Å². The summed E-state index contributed by atoms with van der Waals surface area (Å²) in [5.74, 6) is 0. The summed E-state index contributed by atoms with van der Waals surface area (Å²) in [6.45, 7) is 1.40. The summed E-state index contributed by atoms with van der Waals surface area (Å²) in [5.41, 5.74) is -0.856. The first kappa shape index (κ1) is 26.6. The Morgan fingerprint density at radius 2 is 1.79 bits per heavy atom. The number of nitriles is 2. The number of likely N-dealkylation sites (N-methyl/N-ethyl adjacent to an activating group) is 1. The number of carbonyl (C=O) groups is 1. The van der Waals surface area contributed by atoms with Gasteiger partial charge in [-0.1, -0.05) is 12.1 Å². The minimum absolute atomic E-state index is 0. The standard InChI is InChI=1S/C21H15F3N4O3S.Na/c1-12-17(11-26)19(16-7-6-13(10-25)8-18(16)32(30)31)27(2)20(29)28(12)15-5-3-4-14(9-15)21(22,23)24;/h3-9,19H,1-2H3,(H,30,31);/q;+1/p-1/t19-;/m1./s1. The first-order valence-electron chi connectivity index (χ1n) is 8.99. The van der Waals surface area contributed by atoms with Gasteiger partial charge in [-0.05, 0) is 53.9 Å². The number of halogens is 3. The van der Waals surface area contributed by atoms with E-state index < -0.39 is 34.9 Å². The molecule has 0 spiro atoms. The van der Waals surface area contributed by atoms with Crippen molar-refractivity contribution in [1.29, 1.82) is 10.5 Å². The number of carbonyl (C=O) groups excluding carboxylic acids is 1. The molecule has 2 aromatic carbocycles. The molecule has 0 bridgehead atoms. The first-order chi connectivity index (χ1) is 15.0. The second-order valence-electron chi connectivity index (χ2n) is 6.89. The van der Waals surface area contributed by atoms with E-state index in [2.05, 4.69) is 0 Å². The summed E-state index contributed by atoms with van der Waals surface area (Å²) < 4.78 is 63.0. The molecule has 1 aliphatic rings. The van der Waals surface area contributed by atoms with Crippen molar-refractivity contribution in [3.05, 3.63) is 70.4 Å². The number of allylic oxidation sites excluding steroid dienone is 1. The zero-order valence-corrected chi connectivity index (χ0v) is 20.5. The molecule has 33 heavy (non-hydrogen) atoms. The van der Waals surface area contributed by atoms with Crippen molar-refractivity contribution in [3.63, 3.8) is 0 Å². The number of nitrogens with zero attached hydrogens (tertiary/aromatic N) is 4. The van der Waals surface area contributed by atoms with E-state index in [-0.39, 0.29) is 62.5 Å². The number of amides is 2. The molecular formula is C21H14F3N4NaO3S. The third-order valence-electron chi connectivity index (χ3n) is 5.05. The van der Waals surface area contributed by atoms with Crippen molar-refractivity contribution < 1.29 is 56.3 Å². The Balaban J connectivity index is 0.00000385. The predicted octanol–water partition coefficient (Wildman–Crippen LogP) is 1.23. The molecule has 0 aliphatic carbocycles.